The van der Waals surface area contributed by atoms with E-state index in [0.29, 0.717) is 25.1 Å². The third-order valence-corrected chi connectivity index (χ3v) is 6.70. The maximum Gasteiger partial charge on any atom is 0.254 e. The minimum Gasteiger partial charge on any atom is -0.349 e. The molecule has 1 fully saturated rings. The minimum absolute atomic E-state index is 0.0847. The van der Waals surface area contributed by atoms with Crippen molar-refractivity contribution in [2.24, 2.45) is 7.05 Å². The molecule has 1 N–H and O–H groups in total. The second-order valence-corrected chi connectivity index (χ2v) is 8.64. The summed E-state index contributed by atoms with van der Waals surface area (Å²) in [6.07, 6.45) is 5.11. The van der Waals surface area contributed by atoms with E-state index in [9.17, 15) is 9.59 Å². The zero-order chi connectivity index (χ0) is 19.5. The standard InChI is InChI=1S/C19H21N5O2S2/c1-23-11-13(10-20-23)18(26)21-14-4-6-24(7-5-14)17(25)9-15-12-28-19(22-15)16-3-2-8-27-16/h2-3,8,10-12,14H,4-7,9H2,1H3,(H,21,26). The Hall–Kier alpha value is -2.52. The highest BCUT2D eigenvalue weighted by Gasteiger charge is 2.25. The first-order valence-electron chi connectivity index (χ1n) is 9.14. The second-order valence-electron chi connectivity index (χ2n) is 6.83. The van der Waals surface area contributed by atoms with E-state index in [1.807, 2.05) is 27.8 Å². The van der Waals surface area contributed by atoms with Gasteiger partial charge in [0.2, 0.25) is 5.91 Å². The highest BCUT2D eigenvalue weighted by Crippen LogP contribution is 2.28. The van der Waals surface area contributed by atoms with Crippen molar-refractivity contribution in [2.45, 2.75) is 25.3 Å². The first-order chi connectivity index (χ1) is 13.6. The molecule has 2 amide bonds. The number of aromatic nitrogens is 3. The molecule has 0 aliphatic carbocycles. The van der Waals surface area contributed by atoms with Gasteiger partial charge in [0.05, 0.1) is 28.8 Å². The van der Waals surface area contributed by atoms with E-state index in [0.717, 1.165) is 28.4 Å². The zero-order valence-electron chi connectivity index (χ0n) is 15.5. The Morgan fingerprint density at radius 3 is 2.79 bits per heavy atom. The highest BCUT2D eigenvalue weighted by atomic mass is 32.1. The summed E-state index contributed by atoms with van der Waals surface area (Å²) in [5.74, 6) is -0.0125. The average molecular weight is 416 g/mol. The van der Waals surface area contributed by atoms with E-state index in [1.165, 1.54) is 0 Å². The number of thiazole rings is 1. The van der Waals surface area contributed by atoms with Crippen LogP contribution in [0.25, 0.3) is 9.88 Å². The molecule has 0 saturated carbocycles. The SMILES string of the molecule is Cn1cc(C(=O)NC2CCN(C(=O)Cc3csc(-c4cccs4)n3)CC2)cn1. The quantitative estimate of drug-likeness (QED) is 0.695. The molecule has 3 aromatic rings. The smallest absolute Gasteiger partial charge is 0.254 e. The molecule has 3 aromatic heterocycles. The Balaban J connectivity index is 1.26. The molecular formula is C19H21N5O2S2. The van der Waals surface area contributed by atoms with Gasteiger partial charge in [-0.2, -0.15) is 5.10 Å². The van der Waals surface area contributed by atoms with Crippen LogP contribution in [0.4, 0.5) is 0 Å². The Kier molecular flexibility index (Phi) is 5.54. The molecule has 4 heterocycles. The van der Waals surface area contributed by atoms with E-state index in [-0.39, 0.29) is 17.9 Å². The van der Waals surface area contributed by atoms with Crippen molar-refractivity contribution in [3.8, 4) is 9.88 Å². The van der Waals surface area contributed by atoms with Gasteiger partial charge in [0.15, 0.2) is 0 Å². The summed E-state index contributed by atoms with van der Waals surface area (Å²) >= 11 is 3.23. The molecule has 0 atom stereocenters. The number of thiophene rings is 1. The van der Waals surface area contributed by atoms with Crippen LogP contribution in [0.5, 0.6) is 0 Å². The molecule has 146 valence electrons. The largest absolute Gasteiger partial charge is 0.349 e. The van der Waals surface area contributed by atoms with Crippen LogP contribution in [0.1, 0.15) is 28.9 Å². The van der Waals surface area contributed by atoms with Gasteiger partial charge >= 0.3 is 0 Å². The lowest BCUT2D eigenvalue weighted by Crippen LogP contribution is -2.46. The fourth-order valence-corrected chi connectivity index (χ4v) is 4.88. The summed E-state index contributed by atoms with van der Waals surface area (Å²) in [7, 11) is 1.78. The Morgan fingerprint density at radius 1 is 1.29 bits per heavy atom. The number of hydrogen-bond donors (Lipinski definition) is 1. The molecule has 0 aromatic carbocycles. The van der Waals surface area contributed by atoms with E-state index in [1.54, 1.807) is 46.8 Å². The second kappa shape index (κ2) is 8.24. The fraction of sp³-hybridized carbons (Fsp3) is 0.368. The van der Waals surface area contributed by atoms with Crippen molar-refractivity contribution in [1.82, 2.24) is 25.0 Å². The predicted octanol–water partition coefficient (Wildman–Crippen LogP) is 2.57. The van der Waals surface area contributed by atoms with Gasteiger partial charge < -0.3 is 10.2 Å². The number of aryl methyl sites for hydroxylation is 1. The van der Waals surface area contributed by atoms with Gasteiger partial charge in [-0.05, 0) is 24.3 Å². The minimum atomic E-state index is -0.110. The number of hydrogen-bond acceptors (Lipinski definition) is 6. The molecule has 1 aliphatic rings. The predicted molar refractivity (Wildman–Crippen MR) is 109 cm³/mol. The number of carbonyl (C=O) groups is 2. The van der Waals surface area contributed by atoms with Gasteiger partial charge in [-0.15, -0.1) is 22.7 Å². The highest BCUT2D eigenvalue weighted by molar-refractivity contribution is 7.20. The third kappa shape index (κ3) is 4.31. The van der Waals surface area contributed by atoms with Gasteiger partial charge in [-0.3, -0.25) is 14.3 Å². The topological polar surface area (TPSA) is 80.1 Å². The van der Waals surface area contributed by atoms with Crippen molar-refractivity contribution in [3.63, 3.8) is 0 Å². The van der Waals surface area contributed by atoms with Crippen LogP contribution in [-0.2, 0) is 18.3 Å². The van der Waals surface area contributed by atoms with E-state index in [4.69, 9.17) is 0 Å². The van der Waals surface area contributed by atoms with Crippen molar-refractivity contribution in [2.75, 3.05) is 13.1 Å². The lowest BCUT2D eigenvalue weighted by atomic mass is 10.0. The normalized spacial score (nSPS) is 15.0. The van der Waals surface area contributed by atoms with Crippen LogP contribution in [0.3, 0.4) is 0 Å². The molecule has 7 nitrogen and oxygen atoms in total. The summed E-state index contributed by atoms with van der Waals surface area (Å²) in [5.41, 5.74) is 1.39. The summed E-state index contributed by atoms with van der Waals surface area (Å²) in [6, 6.07) is 4.13. The van der Waals surface area contributed by atoms with E-state index < -0.39 is 0 Å². The van der Waals surface area contributed by atoms with Crippen LogP contribution in [0, 0.1) is 0 Å². The summed E-state index contributed by atoms with van der Waals surface area (Å²) < 4.78 is 1.61. The molecule has 28 heavy (non-hydrogen) atoms. The van der Waals surface area contributed by atoms with Gasteiger partial charge in [0.1, 0.15) is 5.01 Å². The molecule has 0 bridgehead atoms. The summed E-state index contributed by atoms with van der Waals surface area (Å²) in [6.45, 7) is 1.30. The van der Waals surface area contributed by atoms with E-state index in [2.05, 4.69) is 15.4 Å². The monoisotopic (exact) mass is 415 g/mol. The Bertz CT molecular complexity index is 955. The lowest BCUT2D eigenvalue weighted by molar-refractivity contribution is -0.131. The molecule has 0 unspecified atom stereocenters. The maximum absolute atomic E-state index is 12.6. The van der Waals surface area contributed by atoms with Crippen LogP contribution in [0.2, 0.25) is 0 Å². The molecule has 1 saturated heterocycles. The van der Waals surface area contributed by atoms with Crippen LogP contribution < -0.4 is 5.32 Å². The average Bonchev–Trinajstić information content (AvgIpc) is 3.43. The zero-order valence-corrected chi connectivity index (χ0v) is 17.1. The summed E-state index contributed by atoms with van der Waals surface area (Å²) in [4.78, 5) is 32.4. The number of nitrogens with zero attached hydrogens (tertiary/aromatic N) is 4. The van der Waals surface area contributed by atoms with Gasteiger partial charge in [-0.1, -0.05) is 6.07 Å². The van der Waals surface area contributed by atoms with Gasteiger partial charge in [-0.25, -0.2) is 4.98 Å². The molecule has 4 rings (SSSR count). The number of piperidine rings is 1. The molecular weight excluding hydrogens is 394 g/mol. The van der Waals surface area contributed by atoms with E-state index >= 15 is 0 Å². The van der Waals surface area contributed by atoms with Gasteiger partial charge in [0, 0.05) is 37.8 Å². The molecule has 0 spiro atoms. The van der Waals surface area contributed by atoms with Crippen molar-refractivity contribution < 1.29 is 9.59 Å². The Labute approximate surface area is 171 Å². The van der Waals surface area contributed by atoms with Crippen molar-refractivity contribution in [1.29, 1.82) is 0 Å². The summed E-state index contributed by atoms with van der Waals surface area (Å²) in [5, 5.41) is 12.0. The number of rotatable bonds is 5. The number of likely N-dealkylation sites (tertiary alicyclic amines) is 1. The van der Waals surface area contributed by atoms with Crippen molar-refractivity contribution >= 4 is 34.5 Å². The fourth-order valence-electron chi connectivity index (χ4n) is 3.25. The first kappa shape index (κ1) is 18.8. The molecule has 0 radical (unpaired) electrons. The first-order valence-corrected chi connectivity index (χ1v) is 10.9. The number of amides is 2. The number of carbonyl (C=O) groups excluding carboxylic acids is 2. The van der Waals surface area contributed by atoms with Gasteiger partial charge in [0.25, 0.3) is 5.91 Å². The number of nitrogens with one attached hydrogen (secondary N) is 1. The third-order valence-electron chi connectivity index (χ3n) is 4.77. The van der Waals surface area contributed by atoms with Crippen LogP contribution in [-0.4, -0.2) is 50.6 Å². The molecule has 1 aliphatic heterocycles. The Morgan fingerprint density at radius 2 is 2.11 bits per heavy atom. The lowest BCUT2D eigenvalue weighted by Gasteiger charge is -2.32. The molecule has 9 heteroatoms. The van der Waals surface area contributed by atoms with Crippen LogP contribution in [0.15, 0.2) is 35.3 Å². The van der Waals surface area contributed by atoms with Crippen LogP contribution >= 0.6 is 22.7 Å². The van der Waals surface area contributed by atoms with Crippen molar-refractivity contribution in [3.05, 3.63) is 46.5 Å². The maximum atomic E-state index is 12.6.